The van der Waals surface area contributed by atoms with Gasteiger partial charge in [0.25, 0.3) is 5.91 Å². The van der Waals surface area contributed by atoms with Gasteiger partial charge in [-0.25, -0.2) is 0 Å². The van der Waals surface area contributed by atoms with Crippen LogP contribution in [0.4, 0.5) is 0 Å². The van der Waals surface area contributed by atoms with Crippen LogP contribution in [-0.4, -0.2) is 45.8 Å². The summed E-state index contributed by atoms with van der Waals surface area (Å²) in [7, 11) is 0. The van der Waals surface area contributed by atoms with Crippen LogP contribution in [0.25, 0.3) is 0 Å². The third kappa shape index (κ3) is 3.33. The summed E-state index contributed by atoms with van der Waals surface area (Å²) in [5.74, 6) is 0.144. The number of rotatable bonds is 4. The van der Waals surface area contributed by atoms with E-state index in [2.05, 4.69) is 29.5 Å². The van der Waals surface area contributed by atoms with Crippen molar-refractivity contribution in [3.8, 4) is 0 Å². The van der Waals surface area contributed by atoms with Gasteiger partial charge in [0, 0.05) is 25.2 Å². The second kappa shape index (κ2) is 7.00. The van der Waals surface area contributed by atoms with E-state index in [4.69, 9.17) is 0 Å². The maximum Gasteiger partial charge on any atom is 0.257 e. The highest BCUT2D eigenvalue weighted by Crippen LogP contribution is 2.23. The van der Waals surface area contributed by atoms with Crippen molar-refractivity contribution in [3.05, 3.63) is 53.3 Å². The van der Waals surface area contributed by atoms with Crippen LogP contribution in [0.15, 0.2) is 36.5 Å². The smallest absolute Gasteiger partial charge is 0.257 e. The van der Waals surface area contributed by atoms with Gasteiger partial charge < -0.3 is 10.2 Å². The van der Waals surface area contributed by atoms with E-state index in [0.717, 1.165) is 37.2 Å². The molecule has 0 radical (unpaired) electrons. The maximum atomic E-state index is 13.1. The standard InChI is InChI=1S/C20H26N4O/c1-2-19-18(12-21-24(19)13-15-6-4-3-5-7-15)20(25)23-11-10-16-8-9-17(14-23)22-16/h3-7,12,16-17,22H,2,8-11,13-14H2,1H3. The number of nitrogens with zero attached hydrogens (tertiary/aromatic N) is 3. The molecular weight excluding hydrogens is 312 g/mol. The Morgan fingerprint density at radius 2 is 2.00 bits per heavy atom. The molecule has 3 heterocycles. The van der Waals surface area contributed by atoms with Gasteiger partial charge >= 0.3 is 0 Å². The predicted octanol–water partition coefficient (Wildman–Crippen LogP) is 2.46. The number of likely N-dealkylation sites (tertiary alicyclic amines) is 1. The van der Waals surface area contributed by atoms with Crippen molar-refractivity contribution in [3.63, 3.8) is 0 Å². The maximum absolute atomic E-state index is 13.1. The fraction of sp³-hybridized carbons (Fsp3) is 0.500. The molecule has 0 aliphatic carbocycles. The Hall–Kier alpha value is -2.14. The normalized spacial score (nSPS) is 22.8. The first kappa shape index (κ1) is 16.3. The van der Waals surface area contributed by atoms with Gasteiger partial charge in [-0.2, -0.15) is 5.10 Å². The van der Waals surface area contributed by atoms with E-state index in [9.17, 15) is 4.79 Å². The quantitative estimate of drug-likeness (QED) is 0.932. The van der Waals surface area contributed by atoms with Gasteiger partial charge in [-0.3, -0.25) is 9.48 Å². The van der Waals surface area contributed by atoms with Crippen molar-refractivity contribution < 1.29 is 4.79 Å². The van der Waals surface area contributed by atoms with Crippen molar-refractivity contribution in [2.75, 3.05) is 13.1 Å². The number of carbonyl (C=O) groups is 1. The fourth-order valence-corrected chi connectivity index (χ4v) is 4.15. The SMILES string of the molecule is CCc1c(C(=O)N2CCC3CCC(C2)N3)cnn1Cc1ccccc1. The highest BCUT2D eigenvalue weighted by atomic mass is 16.2. The van der Waals surface area contributed by atoms with Gasteiger partial charge in [-0.15, -0.1) is 0 Å². The number of fused-ring (bicyclic) bond motifs is 2. The Morgan fingerprint density at radius 3 is 2.80 bits per heavy atom. The molecule has 1 aromatic carbocycles. The topological polar surface area (TPSA) is 50.2 Å². The third-order valence-corrected chi connectivity index (χ3v) is 5.50. The Kier molecular flexibility index (Phi) is 4.57. The summed E-state index contributed by atoms with van der Waals surface area (Å²) in [6, 6.07) is 11.3. The number of hydrogen-bond acceptors (Lipinski definition) is 3. The van der Waals surface area contributed by atoms with Crippen molar-refractivity contribution in [1.29, 1.82) is 0 Å². The van der Waals surface area contributed by atoms with Gasteiger partial charge in [0.2, 0.25) is 0 Å². The lowest BCUT2D eigenvalue weighted by Crippen LogP contribution is -2.39. The number of benzene rings is 1. The number of carbonyl (C=O) groups excluding carboxylic acids is 1. The number of nitrogens with one attached hydrogen (secondary N) is 1. The van der Waals surface area contributed by atoms with Crippen LogP contribution in [0.1, 0.15) is 47.8 Å². The molecule has 5 heteroatoms. The van der Waals surface area contributed by atoms with E-state index in [1.165, 1.54) is 18.4 Å². The molecule has 0 saturated carbocycles. The summed E-state index contributed by atoms with van der Waals surface area (Å²) in [4.78, 5) is 15.1. The van der Waals surface area contributed by atoms with E-state index in [0.29, 0.717) is 18.6 Å². The lowest BCUT2D eigenvalue weighted by molar-refractivity contribution is 0.0747. The van der Waals surface area contributed by atoms with Crippen LogP contribution in [0.3, 0.4) is 0 Å². The molecule has 4 rings (SSSR count). The first-order valence-electron chi connectivity index (χ1n) is 9.38. The average Bonchev–Trinajstić information content (AvgIpc) is 3.18. The molecule has 5 nitrogen and oxygen atoms in total. The fourth-order valence-electron chi connectivity index (χ4n) is 4.15. The number of hydrogen-bond donors (Lipinski definition) is 1. The van der Waals surface area contributed by atoms with Crippen molar-refractivity contribution in [2.45, 2.75) is 51.2 Å². The van der Waals surface area contributed by atoms with E-state index in [1.54, 1.807) is 6.20 Å². The minimum Gasteiger partial charge on any atom is -0.337 e. The lowest BCUT2D eigenvalue weighted by Gasteiger charge is -2.24. The number of aromatic nitrogens is 2. The van der Waals surface area contributed by atoms with E-state index < -0.39 is 0 Å². The van der Waals surface area contributed by atoms with E-state index >= 15 is 0 Å². The second-order valence-electron chi connectivity index (χ2n) is 7.18. The summed E-state index contributed by atoms with van der Waals surface area (Å²) in [5.41, 5.74) is 3.02. The van der Waals surface area contributed by atoms with Crippen molar-refractivity contribution in [1.82, 2.24) is 20.0 Å². The van der Waals surface area contributed by atoms with Crippen LogP contribution < -0.4 is 5.32 Å². The second-order valence-corrected chi connectivity index (χ2v) is 7.18. The molecule has 2 atom stereocenters. The first-order valence-corrected chi connectivity index (χ1v) is 9.38. The van der Waals surface area contributed by atoms with Crippen molar-refractivity contribution in [2.24, 2.45) is 0 Å². The Morgan fingerprint density at radius 1 is 1.20 bits per heavy atom. The predicted molar refractivity (Wildman–Crippen MR) is 97.6 cm³/mol. The zero-order chi connectivity index (χ0) is 17.2. The lowest BCUT2D eigenvalue weighted by atomic mass is 10.1. The summed E-state index contributed by atoms with van der Waals surface area (Å²) < 4.78 is 1.98. The molecule has 2 saturated heterocycles. The molecule has 1 amide bonds. The summed E-state index contributed by atoms with van der Waals surface area (Å²) in [6.45, 7) is 4.48. The van der Waals surface area contributed by atoms with Crippen molar-refractivity contribution >= 4 is 5.91 Å². The minimum absolute atomic E-state index is 0.144. The van der Waals surface area contributed by atoms with Crippen LogP contribution in [-0.2, 0) is 13.0 Å². The zero-order valence-electron chi connectivity index (χ0n) is 14.8. The molecule has 2 aliphatic heterocycles. The third-order valence-electron chi connectivity index (χ3n) is 5.50. The Balaban J connectivity index is 1.54. The molecule has 2 unspecified atom stereocenters. The highest BCUT2D eigenvalue weighted by Gasteiger charge is 2.32. The molecule has 1 N–H and O–H groups in total. The van der Waals surface area contributed by atoms with Gasteiger partial charge in [0.15, 0.2) is 0 Å². The molecule has 2 bridgehead atoms. The van der Waals surface area contributed by atoms with Gasteiger partial charge in [-0.05, 0) is 31.2 Å². The van der Waals surface area contributed by atoms with Gasteiger partial charge in [0.1, 0.15) is 0 Å². The van der Waals surface area contributed by atoms with Crippen LogP contribution in [0, 0.1) is 0 Å². The molecule has 2 fully saturated rings. The molecule has 1 aromatic heterocycles. The molecule has 0 spiro atoms. The average molecular weight is 338 g/mol. The molecular formula is C20H26N4O. The van der Waals surface area contributed by atoms with Crippen LogP contribution >= 0.6 is 0 Å². The molecule has 132 valence electrons. The van der Waals surface area contributed by atoms with Gasteiger partial charge in [0.05, 0.1) is 24.0 Å². The summed E-state index contributed by atoms with van der Waals surface area (Å²) >= 11 is 0. The minimum atomic E-state index is 0.144. The van der Waals surface area contributed by atoms with Crippen LogP contribution in [0.2, 0.25) is 0 Å². The Labute approximate surface area is 149 Å². The number of amides is 1. The van der Waals surface area contributed by atoms with E-state index in [1.807, 2.05) is 27.8 Å². The highest BCUT2D eigenvalue weighted by molar-refractivity contribution is 5.95. The Bertz CT molecular complexity index is 739. The first-order chi connectivity index (χ1) is 12.2. The largest absolute Gasteiger partial charge is 0.337 e. The van der Waals surface area contributed by atoms with Gasteiger partial charge in [-0.1, -0.05) is 37.3 Å². The monoisotopic (exact) mass is 338 g/mol. The van der Waals surface area contributed by atoms with E-state index in [-0.39, 0.29) is 5.91 Å². The summed E-state index contributed by atoms with van der Waals surface area (Å²) in [5, 5.41) is 8.16. The van der Waals surface area contributed by atoms with Crippen LogP contribution in [0.5, 0.6) is 0 Å². The molecule has 2 aromatic rings. The summed E-state index contributed by atoms with van der Waals surface area (Å²) in [6.07, 6.45) is 6.07. The molecule has 25 heavy (non-hydrogen) atoms. The zero-order valence-corrected chi connectivity index (χ0v) is 14.8. The molecule has 2 aliphatic rings.